The highest BCUT2D eigenvalue weighted by Crippen LogP contribution is 2.26. The van der Waals surface area contributed by atoms with E-state index in [0.29, 0.717) is 11.1 Å². The second kappa shape index (κ2) is 6.39. The van der Waals surface area contributed by atoms with Crippen LogP contribution in [0.4, 0.5) is 5.69 Å². The molecule has 2 aromatic rings. The highest BCUT2D eigenvalue weighted by atomic mass is 35.5. The van der Waals surface area contributed by atoms with Crippen LogP contribution in [0.3, 0.4) is 0 Å². The molecule has 6 heteroatoms. The molecule has 0 bridgehead atoms. The third kappa shape index (κ3) is 3.39. The molecule has 0 aliphatic rings. The summed E-state index contributed by atoms with van der Waals surface area (Å²) in [5, 5.41) is 20.7. The lowest BCUT2D eigenvalue weighted by Gasteiger charge is -2.10. The highest BCUT2D eigenvalue weighted by molar-refractivity contribution is 6.34. The van der Waals surface area contributed by atoms with Crippen molar-refractivity contribution in [2.24, 2.45) is 0 Å². The van der Waals surface area contributed by atoms with Crippen molar-refractivity contribution in [3.8, 4) is 0 Å². The van der Waals surface area contributed by atoms with Crippen LogP contribution in [0.15, 0.2) is 42.5 Å². The van der Waals surface area contributed by atoms with Crippen molar-refractivity contribution < 1.29 is 19.8 Å². The minimum absolute atomic E-state index is 0.0582. The summed E-state index contributed by atoms with van der Waals surface area (Å²) in [5.74, 6) is -1.65. The molecule has 0 heterocycles. The van der Waals surface area contributed by atoms with Gasteiger partial charge in [-0.05, 0) is 29.8 Å². The van der Waals surface area contributed by atoms with E-state index in [1.807, 2.05) is 0 Å². The summed E-state index contributed by atoms with van der Waals surface area (Å²) in [7, 11) is 0. The smallest absolute Gasteiger partial charge is 0.337 e. The van der Waals surface area contributed by atoms with Crippen LogP contribution in [0.5, 0.6) is 0 Å². The summed E-state index contributed by atoms with van der Waals surface area (Å²) in [4.78, 5) is 23.3. The van der Waals surface area contributed by atoms with Crippen molar-refractivity contribution in [3.63, 3.8) is 0 Å². The number of aliphatic hydroxyl groups excluding tert-OH is 1. The van der Waals surface area contributed by atoms with E-state index in [1.165, 1.54) is 30.3 Å². The normalized spacial score (nSPS) is 10.2. The first kappa shape index (κ1) is 15.0. The number of carbonyl (C=O) groups excluding carboxylic acids is 1. The number of hydrogen-bond acceptors (Lipinski definition) is 3. The number of nitrogens with one attached hydrogen (secondary N) is 1. The molecule has 0 atom stereocenters. The third-order valence-corrected chi connectivity index (χ3v) is 3.20. The molecular weight excluding hydrogens is 294 g/mol. The molecule has 0 saturated carbocycles. The molecule has 3 N–H and O–H groups in total. The van der Waals surface area contributed by atoms with E-state index in [0.717, 1.165) is 0 Å². The fourth-order valence-electron chi connectivity index (χ4n) is 1.78. The van der Waals surface area contributed by atoms with Gasteiger partial charge in [0.15, 0.2) is 0 Å². The Morgan fingerprint density at radius 3 is 2.33 bits per heavy atom. The standard InChI is InChI=1S/C15H12ClNO4/c16-12-3-1-2-11(15(20)21)13(12)17-14(19)10-6-4-9(8-18)5-7-10/h1-7,18H,8H2,(H,17,19)(H,20,21). The van der Waals surface area contributed by atoms with Crippen LogP contribution >= 0.6 is 11.6 Å². The number of carboxylic acids is 1. The molecule has 2 aromatic carbocycles. The zero-order valence-electron chi connectivity index (χ0n) is 10.8. The Morgan fingerprint density at radius 2 is 1.76 bits per heavy atom. The maximum atomic E-state index is 12.1. The number of carboxylic acid groups (broad SMARTS) is 1. The van der Waals surface area contributed by atoms with Gasteiger partial charge in [0, 0.05) is 5.56 Å². The van der Waals surface area contributed by atoms with Crippen molar-refractivity contribution in [1.82, 2.24) is 0 Å². The van der Waals surface area contributed by atoms with E-state index < -0.39 is 11.9 Å². The number of carbonyl (C=O) groups is 2. The summed E-state index contributed by atoms with van der Waals surface area (Å²) >= 11 is 5.94. The lowest BCUT2D eigenvalue weighted by atomic mass is 10.1. The zero-order chi connectivity index (χ0) is 15.4. The predicted molar refractivity (Wildman–Crippen MR) is 78.7 cm³/mol. The highest BCUT2D eigenvalue weighted by Gasteiger charge is 2.16. The molecule has 0 aromatic heterocycles. The number of aromatic carboxylic acids is 1. The Balaban J connectivity index is 2.29. The Labute approximate surface area is 125 Å². The molecule has 0 fully saturated rings. The van der Waals surface area contributed by atoms with Gasteiger partial charge in [-0.3, -0.25) is 4.79 Å². The van der Waals surface area contributed by atoms with Crippen LogP contribution in [0.1, 0.15) is 26.3 Å². The topological polar surface area (TPSA) is 86.6 Å². The Kier molecular flexibility index (Phi) is 4.57. The fraction of sp³-hybridized carbons (Fsp3) is 0.0667. The first-order chi connectivity index (χ1) is 10.0. The van der Waals surface area contributed by atoms with Crippen LogP contribution in [-0.2, 0) is 6.61 Å². The average Bonchev–Trinajstić information content (AvgIpc) is 2.49. The lowest BCUT2D eigenvalue weighted by molar-refractivity contribution is 0.0698. The van der Waals surface area contributed by atoms with Gasteiger partial charge in [-0.1, -0.05) is 29.8 Å². The van der Waals surface area contributed by atoms with Gasteiger partial charge in [0.2, 0.25) is 0 Å². The third-order valence-electron chi connectivity index (χ3n) is 2.88. The maximum absolute atomic E-state index is 12.1. The number of benzene rings is 2. The van der Waals surface area contributed by atoms with Crippen molar-refractivity contribution in [3.05, 3.63) is 64.2 Å². The molecule has 5 nitrogen and oxygen atoms in total. The van der Waals surface area contributed by atoms with Gasteiger partial charge in [-0.15, -0.1) is 0 Å². The van der Waals surface area contributed by atoms with Gasteiger partial charge in [-0.2, -0.15) is 0 Å². The first-order valence-electron chi connectivity index (χ1n) is 6.06. The number of rotatable bonds is 4. The monoisotopic (exact) mass is 305 g/mol. The second-order valence-electron chi connectivity index (χ2n) is 4.28. The van der Waals surface area contributed by atoms with Crippen molar-refractivity contribution in [2.75, 3.05) is 5.32 Å². The molecule has 0 aliphatic carbocycles. The van der Waals surface area contributed by atoms with Gasteiger partial charge in [0.25, 0.3) is 5.91 Å². The largest absolute Gasteiger partial charge is 0.478 e. The van der Waals surface area contributed by atoms with Gasteiger partial charge < -0.3 is 15.5 Å². The number of amides is 1. The van der Waals surface area contributed by atoms with Crippen molar-refractivity contribution in [1.29, 1.82) is 0 Å². The molecule has 2 rings (SSSR count). The van der Waals surface area contributed by atoms with E-state index in [2.05, 4.69) is 5.32 Å². The van der Waals surface area contributed by atoms with E-state index >= 15 is 0 Å². The van der Waals surface area contributed by atoms with Gasteiger partial charge in [-0.25, -0.2) is 4.79 Å². The molecule has 0 saturated heterocycles. The Bertz CT molecular complexity index is 683. The van der Waals surface area contributed by atoms with Crippen molar-refractivity contribution >= 4 is 29.2 Å². The first-order valence-corrected chi connectivity index (χ1v) is 6.43. The van der Waals surface area contributed by atoms with Gasteiger partial charge in [0.05, 0.1) is 22.9 Å². The predicted octanol–water partition coefficient (Wildman–Crippen LogP) is 2.78. The molecule has 1 amide bonds. The van der Waals surface area contributed by atoms with Gasteiger partial charge in [0.1, 0.15) is 0 Å². The maximum Gasteiger partial charge on any atom is 0.337 e. The minimum atomic E-state index is -1.18. The molecule has 0 spiro atoms. The van der Waals surface area contributed by atoms with Crippen LogP contribution in [0.2, 0.25) is 5.02 Å². The molecule has 0 radical (unpaired) electrons. The van der Waals surface area contributed by atoms with Crippen molar-refractivity contribution in [2.45, 2.75) is 6.61 Å². The second-order valence-corrected chi connectivity index (χ2v) is 4.68. The van der Waals surface area contributed by atoms with Crippen LogP contribution < -0.4 is 5.32 Å². The van der Waals surface area contributed by atoms with Gasteiger partial charge >= 0.3 is 5.97 Å². The fourth-order valence-corrected chi connectivity index (χ4v) is 2.00. The number of halogens is 1. The molecule has 0 unspecified atom stereocenters. The van der Waals surface area contributed by atoms with E-state index in [9.17, 15) is 9.59 Å². The number of anilines is 1. The minimum Gasteiger partial charge on any atom is -0.478 e. The summed E-state index contributed by atoms with van der Waals surface area (Å²) in [6.07, 6.45) is 0. The van der Waals surface area contributed by atoms with E-state index in [1.54, 1.807) is 12.1 Å². The summed E-state index contributed by atoms with van der Waals surface area (Å²) in [6.45, 7) is -0.116. The zero-order valence-corrected chi connectivity index (χ0v) is 11.6. The molecule has 108 valence electrons. The Hall–Kier alpha value is -2.37. The Morgan fingerprint density at radius 1 is 1.10 bits per heavy atom. The van der Waals surface area contributed by atoms with E-state index in [4.69, 9.17) is 21.8 Å². The quantitative estimate of drug-likeness (QED) is 0.810. The summed E-state index contributed by atoms with van der Waals surface area (Å²) in [5.41, 5.74) is 0.990. The molecule has 0 aliphatic heterocycles. The summed E-state index contributed by atoms with van der Waals surface area (Å²) in [6, 6.07) is 10.7. The number of hydrogen-bond donors (Lipinski definition) is 3. The molecule has 21 heavy (non-hydrogen) atoms. The van der Waals surface area contributed by atoms with Crippen LogP contribution in [0.25, 0.3) is 0 Å². The van der Waals surface area contributed by atoms with Crippen LogP contribution in [0, 0.1) is 0 Å². The average molecular weight is 306 g/mol. The number of aliphatic hydroxyl groups is 1. The lowest BCUT2D eigenvalue weighted by Crippen LogP contribution is -2.15. The van der Waals surface area contributed by atoms with Crippen LogP contribution in [-0.4, -0.2) is 22.1 Å². The van der Waals surface area contributed by atoms with E-state index in [-0.39, 0.29) is 22.9 Å². The molecular formula is C15H12ClNO4. The summed E-state index contributed by atoms with van der Waals surface area (Å²) < 4.78 is 0. The number of para-hydroxylation sites is 1. The SMILES string of the molecule is O=C(Nc1c(Cl)cccc1C(=O)O)c1ccc(CO)cc1.